The van der Waals surface area contributed by atoms with Gasteiger partial charge in [0.15, 0.2) is 0 Å². The third-order valence-corrected chi connectivity index (χ3v) is 6.73. The van der Waals surface area contributed by atoms with Gasteiger partial charge in [-0.25, -0.2) is 9.59 Å². The number of benzene rings is 2. The predicted molar refractivity (Wildman–Crippen MR) is 158 cm³/mol. The highest BCUT2D eigenvalue weighted by atomic mass is 16.4. The smallest absolute Gasteiger partial charge is 0.408 e. The van der Waals surface area contributed by atoms with Crippen molar-refractivity contribution in [1.82, 2.24) is 20.4 Å². The lowest BCUT2D eigenvalue weighted by atomic mass is 9.94. The van der Waals surface area contributed by atoms with Gasteiger partial charge >= 0.3 is 12.1 Å². The van der Waals surface area contributed by atoms with Gasteiger partial charge in [0.1, 0.15) is 0 Å². The number of aliphatic hydroxyl groups excluding tert-OH is 2. The number of rotatable bonds is 12. The van der Waals surface area contributed by atoms with Crippen LogP contribution in [-0.4, -0.2) is 92.8 Å². The minimum absolute atomic E-state index is 0.0599. The van der Waals surface area contributed by atoms with Crippen molar-refractivity contribution in [3.8, 4) is 0 Å². The average molecular weight is 557 g/mol. The standard InChI is InChI=1S/C31H48N4O5/c1-30(2,3)33-28(38)34(7)24(18-22-14-10-8-11-15-22)26(36)20-32-21-27(37)25(19-23-16-12-9-13-17-23)35(29(39)40)31(4,5)6/h8-17,24-27,32,36-37H,18-21H2,1-7H3,(H,33,38)(H,39,40)/t24-,25-,26+,27+/m0/s1. The van der Waals surface area contributed by atoms with Crippen LogP contribution in [0.15, 0.2) is 60.7 Å². The fourth-order valence-corrected chi connectivity index (χ4v) is 4.78. The molecule has 2 rings (SSSR count). The molecule has 4 atom stereocenters. The fraction of sp³-hybridized carbons (Fsp3) is 0.548. The molecule has 0 aliphatic heterocycles. The van der Waals surface area contributed by atoms with Crippen molar-refractivity contribution >= 4 is 12.1 Å². The molecular weight excluding hydrogens is 508 g/mol. The molecule has 40 heavy (non-hydrogen) atoms. The topological polar surface area (TPSA) is 125 Å². The number of nitrogens with one attached hydrogen (secondary N) is 2. The van der Waals surface area contributed by atoms with Crippen molar-refractivity contribution in [2.75, 3.05) is 20.1 Å². The molecule has 0 radical (unpaired) electrons. The van der Waals surface area contributed by atoms with Gasteiger partial charge < -0.3 is 30.9 Å². The van der Waals surface area contributed by atoms with Crippen LogP contribution in [0.1, 0.15) is 52.7 Å². The Kier molecular flexibility index (Phi) is 12.0. The first-order valence-corrected chi connectivity index (χ1v) is 13.8. The molecule has 222 valence electrons. The Morgan fingerprint density at radius 3 is 1.60 bits per heavy atom. The number of hydrogen-bond donors (Lipinski definition) is 5. The summed E-state index contributed by atoms with van der Waals surface area (Å²) >= 11 is 0. The maximum absolute atomic E-state index is 13.0. The van der Waals surface area contributed by atoms with Gasteiger partial charge in [0.2, 0.25) is 0 Å². The molecule has 9 nitrogen and oxygen atoms in total. The zero-order valence-corrected chi connectivity index (χ0v) is 25.0. The van der Waals surface area contributed by atoms with Gasteiger partial charge in [0, 0.05) is 31.2 Å². The van der Waals surface area contributed by atoms with Crippen LogP contribution < -0.4 is 10.6 Å². The summed E-state index contributed by atoms with van der Waals surface area (Å²) in [5, 5.41) is 38.6. The molecule has 0 saturated carbocycles. The third-order valence-electron chi connectivity index (χ3n) is 6.73. The maximum Gasteiger partial charge on any atom is 0.408 e. The van der Waals surface area contributed by atoms with Crippen molar-refractivity contribution in [2.24, 2.45) is 0 Å². The van der Waals surface area contributed by atoms with E-state index in [2.05, 4.69) is 10.6 Å². The molecule has 0 spiro atoms. The molecule has 0 unspecified atom stereocenters. The quantitative estimate of drug-likeness (QED) is 0.271. The third kappa shape index (κ3) is 10.4. The summed E-state index contributed by atoms with van der Waals surface area (Å²) in [7, 11) is 1.66. The first-order chi connectivity index (χ1) is 18.6. The molecule has 0 aliphatic carbocycles. The normalized spacial score (nSPS) is 15.0. The van der Waals surface area contributed by atoms with E-state index in [4.69, 9.17) is 0 Å². The van der Waals surface area contributed by atoms with E-state index in [-0.39, 0.29) is 19.1 Å². The number of aliphatic hydroxyl groups is 2. The molecule has 5 N–H and O–H groups in total. The van der Waals surface area contributed by atoms with E-state index >= 15 is 0 Å². The van der Waals surface area contributed by atoms with Crippen LogP contribution in [0.4, 0.5) is 9.59 Å². The summed E-state index contributed by atoms with van der Waals surface area (Å²) in [4.78, 5) is 28.0. The number of carbonyl (C=O) groups excluding carboxylic acids is 1. The minimum Gasteiger partial charge on any atom is -0.465 e. The summed E-state index contributed by atoms with van der Waals surface area (Å²) in [6, 6.07) is 17.6. The van der Waals surface area contributed by atoms with E-state index in [1.54, 1.807) is 27.8 Å². The number of likely N-dealkylation sites (N-methyl/N-ethyl adjacent to an activating group) is 1. The van der Waals surface area contributed by atoms with Gasteiger partial charge in [-0.15, -0.1) is 0 Å². The van der Waals surface area contributed by atoms with E-state index < -0.39 is 41.5 Å². The highest BCUT2D eigenvalue weighted by Crippen LogP contribution is 2.23. The van der Waals surface area contributed by atoms with Crippen LogP contribution in [0.2, 0.25) is 0 Å². The van der Waals surface area contributed by atoms with Crippen molar-refractivity contribution in [1.29, 1.82) is 0 Å². The summed E-state index contributed by atoms with van der Waals surface area (Å²) in [6.07, 6.45) is -2.33. The Bertz CT molecular complexity index is 1050. The summed E-state index contributed by atoms with van der Waals surface area (Å²) < 4.78 is 0. The summed E-state index contributed by atoms with van der Waals surface area (Å²) in [5.74, 6) is 0. The Hall–Kier alpha value is -3.14. The SMILES string of the molecule is CN(C(=O)NC(C)(C)C)[C@@H](Cc1ccccc1)[C@H](O)CNC[C@@H](O)[C@H](Cc1ccccc1)N(C(=O)O)C(C)(C)C. The van der Waals surface area contributed by atoms with Crippen LogP contribution in [-0.2, 0) is 12.8 Å². The van der Waals surface area contributed by atoms with Gasteiger partial charge in [-0.3, -0.25) is 4.90 Å². The van der Waals surface area contributed by atoms with Gasteiger partial charge in [0.25, 0.3) is 0 Å². The molecule has 0 aliphatic rings. The van der Waals surface area contributed by atoms with Gasteiger partial charge in [-0.05, 0) is 65.5 Å². The summed E-state index contributed by atoms with van der Waals surface area (Å²) in [6.45, 7) is 11.3. The highest BCUT2D eigenvalue weighted by Gasteiger charge is 2.37. The van der Waals surface area contributed by atoms with Crippen molar-refractivity contribution < 1.29 is 24.9 Å². The largest absolute Gasteiger partial charge is 0.465 e. The second-order valence-electron chi connectivity index (χ2n) is 12.4. The van der Waals surface area contributed by atoms with E-state index in [9.17, 15) is 24.9 Å². The Morgan fingerprint density at radius 1 is 0.775 bits per heavy atom. The monoisotopic (exact) mass is 556 g/mol. The molecule has 0 bridgehead atoms. The summed E-state index contributed by atoms with van der Waals surface area (Å²) in [5.41, 5.74) is 0.714. The maximum atomic E-state index is 13.0. The fourth-order valence-electron chi connectivity index (χ4n) is 4.78. The lowest BCUT2D eigenvalue weighted by molar-refractivity contribution is 0.00552. The Labute approximate surface area is 239 Å². The van der Waals surface area contributed by atoms with Crippen LogP contribution >= 0.6 is 0 Å². The molecular formula is C31H48N4O5. The number of nitrogens with zero attached hydrogens (tertiary/aromatic N) is 2. The van der Waals surface area contributed by atoms with Crippen molar-refractivity contribution in [2.45, 2.75) is 89.8 Å². The minimum atomic E-state index is -1.11. The predicted octanol–water partition coefficient (Wildman–Crippen LogP) is 3.74. The second kappa shape index (κ2) is 14.5. The number of carboxylic acid groups (broad SMARTS) is 1. The van der Waals surface area contributed by atoms with Gasteiger partial charge in [-0.1, -0.05) is 60.7 Å². The zero-order valence-electron chi connectivity index (χ0n) is 25.0. The number of urea groups is 1. The van der Waals surface area contributed by atoms with Crippen molar-refractivity contribution in [3.63, 3.8) is 0 Å². The van der Waals surface area contributed by atoms with Crippen LogP contribution in [0.3, 0.4) is 0 Å². The van der Waals surface area contributed by atoms with Crippen LogP contribution in [0.5, 0.6) is 0 Å². The molecule has 0 aromatic heterocycles. The van der Waals surface area contributed by atoms with Crippen LogP contribution in [0, 0.1) is 0 Å². The second-order valence-corrected chi connectivity index (χ2v) is 12.4. The zero-order chi connectivity index (χ0) is 30.1. The van der Waals surface area contributed by atoms with E-state index in [0.717, 1.165) is 11.1 Å². The Balaban J connectivity index is 2.17. The molecule has 2 aromatic carbocycles. The van der Waals surface area contributed by atoms with Gasteiger partial charge in [-0.2, -0.15) is 0 Å². The molecule has 0 saturated heterocycles. The van der Waals surface area contributed by atoms with Crippen molar-refractivity contribution in [3.05, 3.63) is 71.8 Å². The first-order valence-electron chi connectivity index (χ1n) is 13.8. The van der Waals surface area contributed by atoms with Crippen LogP contribution in [0.25, 0.3) is 0 Å². The molecule has 0 heterocycles. The number of carbonyl (C=O) groups is 2. The first kappa shape index (κ1) is 33.1. The van der Waals surface area contributed by atoms with Gasteiger partial charge in [0.05, 0.1) is 24.3 Å². The van der Waals surface area contributed by atoms with E-state index in [0.29, 0.717) is 12.8 Å². The lowest BCUT2D eigenvalue weighted by Gasteiger charge is -2.42. The molecule has 9 heteroatoms. The highest BCUT2D eigenvalue weighted by molar-refractivity contribution is 5.75. The average Bonchev–Trinajstić information content (AvgIpc) is 2.85. The molecule has 3 amide bonds. The lowest BCUT2D eigenvalue weighted by Crippen LogP contribution is -2.59. The van der Waals surface area contributed by atoms with E-state index in [1.807, 2.05) is 81.4 Å². The molecule has 0 fully saturated rings. The number of hydrogen-bond acceptors (Lipinski definition) is 5. The molecule has 2 aromatic rings. The van der Waals surface area contributed by atoms with E-state index in [1.165, 1.54) is 9.80 Å². The Morgan fingerprint density at radius 2 is 1.20 bits per heavy atom. The number of amides is 3.